The molecule has 1 amide bonds. The number of nitrogens with zero attached hydrogens (tertiary/aromatic N) is 1. The molecule has 2 bridgehead atoms. The summed E-state index contributed by atoms with van der Waals surface area (Å²) >= 11 is 0. The highest BCUT2D eigenvalue weighted by Crippen LogP contribution is 2.31. The summed E-state index contributed by atoms with van der Waals surface area (Å²) in [7, 11) is 0. The number of piperidine rings is 3. The summed E-state index contributed by atoms with van der Waals surface area (Å²) in [5.74, 6) is 0.708. The lowest BCUT2D eigenvalue weighted by molar-refractivity contribution is -0.132. The zero-order chi connectivity index (χ0) is 7.14. The van der Waals surface area contributed by atoms with Crippen LogP contribution in [0.25, 0.3) is 0 Å². The molecule has 0 spiro atoms. The fraction of sp³-hybridized carbons (Fsp3) is 0.625. The van der Waals surface area contributed by atoms with Crippen molar-refractivity contribution < 1.29 is 4.79 Å². The Morgan fingerprint density at radius 2 is 2.00 bits per heavy atom. The monoisotopic (exact) mass is 137 g/mol. The van der Waals surface area contributed by atoms with Crippen molar-refractivity contribution in [3.8, 4) is 0 Å². The third-order valence-electron chi connectivity index (χ3n) is 2.55. The summed E-state index contributed by atoms with van der Waals surface area (Å²) in [5, 5.41) is 0. The zero-order valence-electron chi connectivity index (χ0n) is 5.97. The number of hydrogen-bond acceptors (Lipinski definition) is 1. The highest BCUT2D eigenvalue weighted by atomic mass is 16.2. The smallest absolute Gasteiger partial charge is 0.249 e. The van der Waals surface area contributed by atoms with Gasteiger partial charge in [-0.25, -0.2) is 0 Å². The summed E-state index contributed by atoms with van der Waals surface area (Å²) in [4.78, 5) is 13.1. The molecule has 3 aliphatic heterocycles. The molecule has 0 aromatic carbocycles. The normalized spacial score (nSPS) is 26.2. The van der Waals surface area contributed by atoms with Gasteiger partial charge < -0.3 is 4.90 Å². The van der Waals surface area contributed by atoms with Crippen molar-refractivity contribution in [1.29, 1.82) is 0 Å². The standard InChI is InChI=1S/C8H11NO/c1-6-7-2-4-9(5-3-7)8(6)10/h7H,1-5H2. The number of amides is 1. The van der Waals surface area contributed by atoms with E-state index >= 15 is 0 Å². The Morgan fingerprint density at radius 1 is 1.40 bits per heavy atom. The molecule has 3 saturated heterocycles. The predicted octanol–water partition coefficient (Wildman–Crippen LogP) is 0.795. The molecule has 2 heteroatoms. The van der Waals surface area contributed by atoms with Crippen molar-refractivity contribution in [3.63, 3.8) is 0 Å². The number of hydrogen-bond donors (Lipinski definition) is 0. The minimum atomic E-state index is 0.197. The number of fused-ring (bicyclic) bond motifs is 3. The molecule has 10 heavy (non-hydrogen) atoms. The van der Waals surface area contributed by atoms with Gasteiger partial charge in [0.05, 0.1) is 0 Å². The fourth-order valence-corrected chi connectivity index (χ4v) is 1.81. The molecule has 0 radical (unpaired) electrons. The first kappa shape index (κ1) is 5.96. The molecule has 3 aliphatic rings. The highest BCUT2D eigenvalue weighted by molar-refractivity contribution is 5.94. The average molecular weight is 137 g/mol. The first-order valence-corrected chi connectivity index (χ1v) is 3.77. The number of rotatable bonds is 0. The molecule has 0 saturated carbocycles. The van der Waals surface area contributed by atoms with E-state index in [0.29, 0.717) is 5.92 Å². The molecule has 0 unspecified atom stereocenters. The van der Waals surface area contributed by atoms with E-state index in [4.69, 9.17) is 0 Å². The van der Waals surface area contributed by atoms with Crippen molar-refractivity contribution in [1.82, 2.24) is 4.90 Å². The van der Waals surface area contributed by atoms with Gasteiger partial charge >= 0.3 is 0 Å². The van der Waals surface area contributed by atoms with Gasteiger partial charge in [-0.3, -0.25) is 4.79 Å². The molecule has 0 N–H and O–H groups in total. The Bertz CT molecular complexity index is 167. The van der Waals surface area contributed by atoms with E-state index in [0.717, 1.165) is 31.5 Å². The quantitative estimate of drug-likeness (QED) is 0.452. The number of carbonyl (C=O) groups is 1. The maximum absolute atomic E-state index is 11.2. The van der Waals surface area contributed by atoms with Crippen molar-refractivity contribution >= 4 is 5.91 Å². The van der Waals surface area contributed by atoms with E-state index in [1.54, 1.807) is 0 Å². The van der Waals surface area contributed by atoms with Gasteiger partial charge in [0, 0.05) is 18.7 Å². The fourth-order valence-electron chi connectivity index (χ4n) is 1.81. The zero-order valence-corrected chi connectivity index (χ0v) is 5.97. The summed E-state index contributed by atoms with van der Waals surface area (Å²) in [6, 6.07) is 0. The van der Waals surface area contributed by atoms with Gasteiger partial charge in [-0.2, -0.15) is 0 Å². The van der Waals surface area contributed by atoms with Gasteiger partial charge in [-0.1, -0.05) is 6.58 Å². The van der Waals surface area contributed by atoms with E-state index in [-0.39, 0.29) is 5.91 Å². The van der Waals surface area contributed by atoms with Crippen LogP contribution >= 0.6 is 0 Å². The minimum Gasteiger partial charge on any atom is -0.339 e. The molecule has 3 fully saturated rings. The van der Waals surface area contributed by atoms with Crippen LogP contribution in [0, 0.1) is 5.92 Å². The van der Waals surface area contributed by atoms with Crippen molar-refractivity contribution in [2.45, 2.75) is 12.8 Å². The molecule has 54 valence electrons. The van der Waals surface area contributed by atoms with Gasteiger partial charge in [0.2, 0.25) is 5.91 Å². The SMILES string of the molecule is C=C1C(=O)N2CCC1CC2. The first-order valence-electron chi connectivity index (χ1n) is 3.77. The van der Waals surface area contributed by atoms with Gasteiger partial charge in [-0.05, 0) is 18.8 Å². The van der Waals surface area contributed by atoms with E-state index in [2.05, 4.69) is 6.58 Å². The van der Waals surface area contributed by atoms with Crippen LogP contribution in [0.1, 0.15) is 12.8 Å². The molecule has 3 rings (SSSR count). The third-order valence-corrected chi connectivity index (χ3v) is 2.55. The van der Waals surface area contributed by atoms with Crippen LogP contribution in [0.2, 0.25) is 0 Å². The molecule has 0 aromatic rings. The Labute approximate surface area is 60.5 Å². The van der Waals surface area contributed by atoms with Crippen molar-refractivity contribution in [2.24, 2.45) is 5.92 Å². The van der Waals surface area contributed by atoms with Gasteiger partial charge in [0.15, 0.2) is 0 Å². The summed E-state index contributed by atoms with van der Waals surface area (Å²) in [6.45, 7) is 5.71. The molecular weight excluding hydrogens is 126 g/mol. The van der Waals surface area contributed by atoms with Crippen LogP contribution < -0.4 is 0 Å². The maximum atomic E-state index is 11.2. The molecule has 0 aromatic heterocycles. The largest absolute Gasteiger partial charge is 0.339 e. The van der Waals surface area contributed by atoms with Gasteiger partial charge in [0.25, 0.3) is 0 Å². The van der Waals surface area contributed by atoms with Crippen LogP contribution in [0.4, 0.5) is 0 Å². The second kappa shape index (κ2) is 1.84. The Kier molecular flexibility index (Phi) is 1.10. The number of carbonyl (C=O) groups excluding carboxylic acids is 1. The summed E-state index contributed by atoms with van der Waals surface area (Å²) in [6.07, 6.45) is 2.29. The van der Waals surface area contributed by atoms with Gasteiger partial charge in [-0.15, -0.1) is 0 Å². The first-order chi connectivity index (χ1) is 4.79. The molecule has 3 heterocycles. The highest BCUT2D eigenvalue weighted by Gasteiger charge is 2.34. The third kappa shape index (κ3) is 0.618. The molecule has 0 atom stereocenters. The van der Waals surface area contributed by atoms with E-state index in [1.807, 2.05) is 4.90 Å². The van der Waals surface area contributed by atoms with Crippen molar-refractivity contribution in [3.05, 3.63) is 12.2 Å². The summed E-state index contributed by atoms with van der Waals surface area (Å²) in [5.41, 5.74) is 0.845. The van der Waals surface area contributed by atoms with Crippen LogP contribution in [0.3, 0.4) is 0 Å². The lowest BCUT2D eigenvalue weighted by Gasteiger charge is -2.39. The minimum absolute atomic E-state index is 0.197. The molecule has 2 nitrogen and oxygen atoms in total. The molecule has 0 aliphatic carbocycles. The van der Waals surface area contributed by atoms with Crippen LogP contribution in [-0.2, 0) is 4.79 Å². The summed E-state index contributed by atoms with van der Waals surface area (Å²) < 4.78 is 0. The average Bonchev–Trinajstić information content (AvgIpc) is 2.00. The second-order valence-corrected chi connectivity index (χ2v) is 3.09. The molecular formula is C8H11NO. The Morgan fingerprint density at radius 3 is 2.30 bits per heavy atom. The van der Waals surface area contributed by atoms with E-state index < -0.39 is 0 Å². The lowest BCUT2D eigenvalue weighted by Crippen LogP contribution is -2.46. The van der Waals surface area contributed by atoms with Crippen LogP contribution in [-0.4, -0.2) is 23.9 Å². The predicted molar refractivity (Wildman–Crippen MR) is 38.4 cm³/mol. The topological polar surface area (TPSA) is 20.3 Å². The van der Waals surface area contributed by atoms with Crippen LogP contribution in [0.5, 0.6) is 0 Å². The van der Waals surface area contributed by atoms with Crippen LogP contribution in [0.15, 0.2) is 12.2 Å². The lowest BCUT2D eigenvalue weighted by atomic mass is 9.84. The Balaban J connectivity index is 2.28. The second-order valence-electron chi connectivity index (χ2n) is 3.09. The van der Waals surface area contributed by atoms with E-state index in [1.165, 1.54) is 0 Å². The maximum Gasteiger partial charge on any atom is 0.249 e. The van der Waals surface area contributed by atoms with E-state index in [9.17, 15) is 4.79 Å². The van der Waals surface area contributed by atoms with Crippen molar-refractivity contribution in [2.75, 3.05) is 13.1 Å². The Hall–Kier alpha value is -0.790. The van der Waals surface area contributed by atoms with Gasteiger partial charge in [0.1, 0.15) is 0 Å².